The fourth-order valence-corrected chi connectivity index (χ4v) is 3.05. The minimum atomic E-state index is -5.53. The van der Waals surface area contributed by atoms with Crippen LogP contribution in [0.5, 0.6) is 0 Å². The molecule has 0 saturated carbocycles. The summed E-state index contributed by atoms with van der Waals surface area (Å²) in [7, 11) is -5.53. The average molecular weight is 394 g/mol. The summed E-state index contributed by atoms with van der Waals surface area (Å²) >= 11 is 0. The summed E-state index contributed by atoms with van der Waals surface area (Å²) in [6.07, 6.45) is 2.09. The highest BCUT2D eigenvalue weighted by atomic mass is 32.2. The molecule has 1 saturated heterocycles. The predicted molar refractivity (Wildman–Crippen MR) is 91.5 cm³/mol. The molecule has 0 radical (unpaired) electrons. The Kier molecular flexibility index (Phi) is 6.51. The fourth-order valence-electron chi connectivity index (χ4n) is 2.47. The highest BCUT2D eigenvalue weighted by molar-refractivity contribution is 7.93. The van der Waals surface area contributed by atoms with E-state index >= 15 is 0 Å². The number of ether oxygens (including phenoxy) is 1. The van der Waals surface area contributed by atoms with Gasteiger partial charge in [0, 0.05) is 12.2 Å². The van der Waals surface area contributed by atoms with Gasteiger partial charge in [-0.15, -0.1) is 0 Å². The number of nitrogens with one attached hydrogen (secondary N) is 1. The van der Waals surface area contributed by atoms with Crippen molar-refractivity contribution >= 4 is 21.4 Å². The average Bonchev–Trinajstić information content (AvgIpc) is 3.05. The molecule has 1 aliphatic heterocycles. The monoisotopic (exact) mass is 394 g/mol. The van der Waals surface area contributed by atoms with E-state index in [1.54, 1.807) is 24.6 Å². The molecule has 1 aromatic rings. The maximum Gasteiger partial charge on any atom is 0.516 e. The molecular weight excluding hydrogens is 373 g/mol. The Labute approximate surface area is 150 Å². The molecule has 1 atom stereocenters. The minimum Gasteiger partial charge on any atom is -0.393 e. The van der Waals surface area contributed by atoms with Gasteiger partial charge in [-0.3, -0.25) is 4.72 Å². The zero-order valence-electron chi connectivity index (χ0n) is 14.5. The number of nitrogens with zero attached hydrogens (tertiary/aromatic N) is 1. The summed E-state index contributed by atoms with van der Waals surface area (Å²) in [6.45, 7) is 4.39. The van der Waals surface area contributed by atoms with Gasteiger partial charge in [0.1, 0.15) is 6.61 Å². The number of halogens is 3. The van der Waals surface area contributed by atoms with Gasteiger partial charge >= 0.3 is 15.5 Å². The lowest BCUT2D eigenvalue weighted by Crippen LogP contribution is -2.30. The number of hydrogen-bond acceptors (Lipinski definition) is 5. The standard InChI is InChI=1S/C16H21F3N2O4S/c1-3-14(20-25-10-12-5-4-8-24-12)13-9-11(2)6-7-15(13)21-26(22,23)16(17,18)19/h6-7,9,12,21H,3-5,8,10H2,1-2H3/b20-14+. The number of anilines is 1. The van der Waals surface area contributed by atoms with Gasteiger partial charge in [0.15, 0.2) is 0 Å². The first-order chi connectivity index (χ1) is 12.1. The minimum absolute atomic E-state index is 0.0578. The van der Waals surface area contributed by atoms with Crippen LogP contribution in [0.25, 0.3) is 0 Å². The Morgan fingerprint density at radius 2 is 2.15 bits per heavy atom. The van der Waals surface area contributed by atoms with Gasteiger partial charge in [0.05, 0.1) is 17.5 Å². The zero-order valence-corrected chi connectivity index (χ0v) is 15.3. The molecule has 1 unspecified atom stereocenters. The van der Waals surface area contributed by atoms with Crippen LogP contribution in [0.1, 0.15) is 37.3 Å². The number of benzene rings is 1. The van der Waals surface area contributed by atoms with Gasteiger partial charge in [0.2, 0.25) is 0 Å². The summed E-state index contributed by atoms with van der Waals surface area (Å²) < 4.78 is 67.9. The van der Waals surface area contributed by atoms with Crippen LogP contribution in [0.3, 0.4) is 0 Å². The number of hydrogen-bond donors (Lipinski definition) is 1. The molecular formula is C16H21F3N2O4S. The number of sulfonamides is 1. The molecule has 0 spiro atoms. The van der Waals surface area contributed by atoms with Gasteiger partial charge in [-0.25, -0.2) is 0 Å². The largest absolute Gasteiger partial charge is 0.516 e. The van der Waals surface area contributed by atoms with Crippen molar-refractivity contribution in [2.24, 2.45) is 5.16 Å². The van der Waals surface area contributed by atoms with Crippen molar-refractivity contribution < 1.29 is 31.2 Å². The molecule has 146 valence electrons. The second kappa shape index (κ2) is 8.26. The Bertz CT molecular complexity index is 757. The van der Waals surface area contributed by atoms with E-state index < -0.39 is 15.5 Å². The van der Waals surface area contributed by atoms with Gasteiger partial charge in [-0.05, 0) is 38.3 Å². The number of aryl methyl sites for hydroxylation is 1. The van der Waals surface area contributed by atoms with Crippen LogP contribution in [-0.4, -0.2) is 39.0 Å². The molecule has 26 heavy (non-hydrogen) atoms. The first kappa shape index (κ1) is 20.5. The molecule has 1 fully saturated rings. The topological polar surface area (TPSA) is 77.0 Å². The van der Waals surface area contributed by atoms with Crippen LogP contribution in [0.4, 0.5) is 18.9 Å². The number of alkyl halides is 3. The lowest BCUT2D eigenvalue weighted by Gasteiger charge is -2.16. The number of oxime groups is 1. The van der Waals surface area contributed by atoms with Crippen LogP contribution in [0.15, 0.2) is 23.4 Å². The molecule has 6 nitrogen and oxygen atoms in total. The molecule has 0 amide bonds. The van der Waals surface area contributed by atoms with E-state index in [4.69, 9.17) is 9.57 Å². The van der Waals surface area contributed by atoms with Crippen LogP contribution in [-0.2, 0) is 19.6 Å². The Morgan fingerprint density at radius 3 is 2.73 bits per heavy atom. The number of rotatable bonds is 7. The summed E-state index contributed by atoms with van der Waals surface area (Å²) in [5.41, 5.74) is -4.28. The highest BCUT2D eigenvalue weighted by Crippen LogP contribution is 2.28. The van der Waals surface area contributed by atoms with Crippen molar-refractivity contribution in [1.29, 1.82) is 0 Å². The van der Waals surface area contributed by atoms with Gasteiger partial charge < -0.3 is 9.57 Å². The van der Waals surface area contributed by atoms with Crippen molar-refractivity contribution in [3.63, 3.8) is 0 Å². The van der Waals surface area contributed by atoms with E-state index in [0.717, 1.165) is 18.4 Å². The lowest BCUT2D eigenvalue weighted by atomic mass is 10.0. The molecule has 1 aliphatic rings. The summed E-state index contributed by atoms with van der Waals surface area (Å²) in [5.74, 6) is 0. The third-order valence-electron chi connectivity index (χ3n) is 3.83. The first-order valence-electron chi connectivity index (χ1n) is 8.14. The fraction of sp³-hybridized carbons (Fsp3) is 0.562. The van der Waals surface area contributed by atoms with Crippen molar-refractivity contribution in [3.05, 3.63) is 29.3 Å². The molecule has 1 N–H and O–H groups in total. The maximum atomic E-state index is 12.7. The van der Waals surface area contributed by atoms with E-state index in [-0.39, 0.29) is 24.0 Å². The SMILES string of the molecule is CC/C(=N\OCC1CCCO1)c1cc(C)ccc1NS(=O)(=O)C(F)(F)F. The molecule has 1 aromatic carbocycles. The first-order valence-corrected chi connectivity index (χ1v) is 9.63. The molecule has 0 aromatic heterocycles. The second-order valence-electron chi connectivity index (χ2n) is 5.92. The third-order valence-corrected chi connectivity index (χ3v) is 4.93. The van der Waals surface area contributed by atoms with E-state index in [2.05, 4.69) is 5.16 Å². The van der Waals surface area contributed by atoms with Crippen LogP contribution in [0, 0.1) is 6.92 Å². The third kappa shape index (κ3) is 5.10. The van der Waals surface area contributed by atoms with Gasteiger partial charge in [0.25, 0.3) is 0 Å². The van der Waals surface area contributed by atoms with E-state index in [1.165, 1.54) is 12.1 Å². The summed E-state index contributed by atoms with van der Waals surface area (Å²) in [6, 6.07) is 4.35. The smallest absolute Gasteiger partial charge is 0.393 e. The molecule has 0 bridgehead atoms. The molecule has 0 aliphatic carbocycles. The quantitative estimate of drug-likeness (QED) is 0.567. The Balaban J connectivity index is 2.26. The van der Waals surface area contributed by atoms with Crippen LogP contribution < -0.4 is 4.72 Å². The van der Waals surface area contributed by atoms with Crippen molar-refractivity contribution in [3.8, 4) is 0 Å². The van der Waals surface area contributed by atoms with Gasteiger partial charge in [-0.2, -0.15) is 21.6 Å². The Hall–Kier alpha value is -1.81. The van der Waals surface area contributed by atoms with Crippen molar-refractivity contribution in [1.82, 2.24) is 0 Å². The van der Waals surface area contributed by atoms with E-state index in [9.17, 15) is 21.6 Å². The maximum absolute atomic E-state index is 12.7. The van der Waals surface area contributed by atoms with Crippen molar-refractivity contribution in [2.45, 2.75) is 44.7 Å². The summed E-state index contributed by atoms with van der Waals surface area (Å²) in [4.78, 5) is 5.28. The molecule has 10 heteroatoms. The predicted octanol–water partition coefficient (Wildman–Crippen LogP) is 3.57. The molecule has 1 heterocycles. The zero-order chi connectivity index (χ0) is 19.4. The van der Waals surface area contributed by atoms with Crippen molar-refractivity contribution in [2.75, 3.05) is 17.9 Å². The second-order valence-corrected chi connectivity index (χ2v) is 7.60. The lowest BCUT2D eigenvalue weighted by molar-refractivity contribution is -0.0429. The normalized spacial score (nSPS) is 18.8. The highest BCUT2D eigenvalue weighted by Gasteiger charge is 2.46. The molecule has 2 rings (SSSR count). The summed E-state index contributed by atoms with van der Waals surface area (Å²) in [5, 5.41) is 3.99. The van der Waals surface area contributed by atoms with Crippen LogP contribution >= 0.6 is 0 Å². The van der Waals surface area contributed by atoms with E-state index in [1.807, 2.05) is 0 Å². The van der Waals surface area contributed by atoms with Gasteiger partial charge in [-0.1, -0.05) is 23.7 Å². The van der Waals surface area contributed by atoms with E-state index in [0.29, 0.717) is 18.7 Å². The Morgan fingerprint density at radius 1 is 1.42 bits per heavy atom. The van der Waals surface area contributed by atoms with Crippen LogP contribution in [0.2, 0.25) is 0 Å².